The van der Waals surface area contributed by atoms with Crippen molar-refractivity contribution in [3.63, 3.8) is 0 Å². The van der Waals surface area contributed by atoms with Crippen molar-refractivity contribution < 1.29 is 4.79 Å². The molecule has 1 amide bonds. The number of aryl methyl sites for hydroxylation is 2. The van der Waals surface area contributed by atoms with Crippen LogP contribution in [0.5, 0.6) is 0 Å². The van der Waals surface area contributed by atoms with Crippen molar-refractivity contribution in [3.05, 3.63) is 52.2 Å². The molecule has 0 aliphatic carbocycles. The summed E-state index contributed by atoms with van der Waals surface area (Å²) in [6.45, 7) is 5.75. The highest BCUT2D eigenvalue weighted by Gasteiger charge is 2.11. The molecule has 1 N–H and O–H groups in total. The number of nitrogens with zero attached hydrogens (tertiary/aromatic N) is 4. The van der Waals surface area contributed by atoms with Crippen molar-refractivity contribution in [2.75, 3.05) is 11.1 Å². The molecular weight excluding hydrogens is 350 g/mol. The van der Waals surface area contributed by atoms with E-state index < -0.39 is 0 Å². The van der Waals surface area contributed by atoms with Gasteiger partial charge < -0.3 is 5.32 Å². The number of benzene rings is 1. The number of aromatic nitrogens is 4. The molecule has 0 radical (unpaired) electrons. The summed E-state index contributed by atoms with van der Waals surface area (Å²) in [5.74, 6) is 0.544. The first-order chi connectivity index (χ1) is 12.5. The molecule has 26 heavy (non-hydrogen) atoms. The summed E-state index contributed by atoms with van der Waals surface area (Å²) < 4.78 is 1.26. The predicted molar refractivity (Wildman–Crippen MR) is 103 cm³/mol. The Bertz CT molecular complexity index is 1030. The van der Waals surface area contributed by atoms with E-state index in [-0.39, 0.29) is 18.0 Å². The average molecular weight is 369 g/mol. The normalized spacial score (nSPS) is 10.9. The molecule has 1 aromatic carbocycles. The summed E-state index contributed by atoms with van der Waals surface area (Å²) in [4.78, 5) is 37.5. The predicted octanol–water partition coefficient (Wildman–Crippen LogP) is 2.55. The van der Waals surface area contributed by atoms with Crippen molar-refractivity contribution in [1.82, 2.24) is 19.5 Å². The lowest BCUT2D eigenvalue weighted by molar-refractivity contribution is -0.116. The monoisotopic (exact) mass is 369 g/mol. The first kappa shape index (κ1) is 18.1. The molecule has 0 fully saturated rings. The molecule has 0 spiro atoms. The zero-order valence-electron chi connectivity index (χ0n) is 14.8. The first-order valence-electron chi connectivity index (χ1n) is 8.20. The summed E-state index contributed by atoms with van der Waals surface area (Å²) in [7, 11) is 0. The molecule has 0 saturated heterocycles. The van der Waals surface area contributed by atoms with E-state index in [0.717, 1.165) is 22.6 Å². The number of carbonyl (C=O) groups excluding carboxylic acids is 1. The summed E-state index contributed by atoms with van der Waals surface area (Å²) in [6, 6.07) is 5.82. The third kappa shape index (κ3) is 3.91. The Labute approximate surface area is 154 Å². The van der Waals surface area contributed by atoms with Crippen molar-refractivity contribution in [3.8, 4) is 0 Å². The third-order valence-corrected chi connectivity index (χ3v) is 4.56. The number of hydrogen-bond acceptors (Lipinski definition) is 6. The zero-order chi connectivity index (χ0) is 18.7. The second kappa shape index (κ2) is 7.65. The number of thioether (sulfide) groups is 1. The van der Waals surface area contributed by atoms with E-state index in [2.05, 4.69) is 20.3 Å². The highest BCUT2D eigenvalue weighted by Crippen LogP contribution is 2.16. The Morgan fingerprint density at radius 1 is 1.27 bits per heavy atom. The number of fused-ring (bicyclic) bond motifs is 1. The molecule has 0 atom stereocenters. The second-order valence-corrected chi connectivity index (χ2v) is 7.10. The van der Waals surface area contributed by atoms with E-state index in [1.165, 1.54) is 28.9 Å². The molecule has 0 bridgehead atoms. The highest BCUT2D eigenvalue weighted by atomic mass is 32.2. The largest absolute Gasteiger partial charge is 0.324 e. The lowest BCUT2D eigenvalue weighted by atomic mass is 10.1. The minimum absolute atomic E-state index is 0.124. The van der Waals surface area contributed by atoms with Crippen LogP contribution in [0.25, 0.3) is 11.0 Å². The molecule has 3 rings (SSSR count). The molecule has 0 aliphatic rings. The smallest absolute Gasteiger partial charge is 0.264 e. The van der Waals surface area contributed by atoms with Gasteiger partial charge in [-0.05, 0) is 36.8 Å². The van der Waals surface area contributed by atoms with Crippen LogP contribution in [0.1, 0.15) is 18.1 Å². The van der Waals surface area contributed by atoms with Crippen LogP contribution in [0, 0.1) is 13.8 Å². The van der Waals surface area contributed by atoms with E-state index >= 15 is 0 Å². The molecule has 3 aromatic rings. The summed E-state index contributed by atoms with van der Waals surface area (Å²) >= 11 is 1.48. The van der Waals surface area contributed by atoms with Gasteiger partial charge in [0.2, 0.25) is 5.91 Å². The minimum atomic E-state index is -0.334. The fraction of sp³-hybridized carbons (Fsp3) is 0.278. The van der Waals surface area contributed by atoms with Crippen molar-refractivity contribution in [1.29, 1.82) is 0 Å². The molecule has 8 heteroatoms. The number of amides is 1. The first-order valence-corrected chi connectivity index (χ1v) is 9.18. The molecule has 7 nitrogen and oxygen atoms in total. The Morgan fingerprint density at radius 2 is 2.08 bits per heavy atom. The maximum Gasteiger partial charge on any atom is 0.264 e. The number of anilines is 1. The van der Waals surface area contributed by atoms with E-state index in [0.29, 0.717) is 16.2 Å². The van der Waals surface area contributed by atoms with Crippen LogP contribution < -0.4 is 10.9 Å². The van der Waals surface area contributed by atoms with Gasteiger partial charge in [-0.1, -0.05) is 30.8 Å². The van der Waals surface area contributed by atoms with Gasteiger partial charge in [-0.25, -0.2) is 15.0 Å². The average Bonchev–Trinajstić information content (AvgIpc) is 2.61. The number of carbonyl (C=O) groups is 1. The van der Waals surface area contributed by atoms with E-state index in [9.17, 15) is 9.59 Å². The van der Waals surface area contributed by atoms with Gasteiger partial charge in [0, 0.05) is 11.9 Å². The van der Waals surface area contributed by atoms with Crippen LogP contribution in [0.2, 0.25) is 0 Å². The quantitative estimate of drug-likeness (QED) is 0.549. The van der Waals surface area contributed by atoms with Gasteiger partial charge in [0.15, 0.2) is 10.8 Å². The molecule has 134 valence electrons. The zero-order valence-corrected chi connectivity index (χ0v) is 15.6. The van der Waals surface area contributed by atoms with Gasteiger partial charge >= 0.3 is 0 Å². The highest BCUT2D eigenvalue weighted by molar-refractivity contribution is 7.99. The van der Waals surface area contributed by atoms with Gasteiger partial charge in [-0.15, -0.1) is 0 Å². The molecule has 0 unspecified atom stereocenters. The Kier molecular flexibility index (Phi) is 5.32. The number of rotatable bonds is 5. The number of nitrogens with one attached hydrogen (secondary N) is 1. The van der Waals surface area contributed by atoms with E-state index in [1.54, 1.807) is 0 Å². The summed E-state index contributed by atoms with van der Waals surface area (Å²) in [5.41, 5.74) is 2.75. The maximum absolute atomic E-state index is 12.6. The summed E-state index contributed by atoms with van der Waals surface area (Å²) in [5, 5.41) is 3.72. The lowest BCUT2D eigenvalue weighted by Gasteiger charge is -2.10. The Morgan fingerprint density at radius 3 is 2.85 bits per heavy atom. The van der Waals surface area contributed by atoms with Gasteiger partial charge in [0.05, 0.1) is 0 Å². The second-order valence-electron chi connectivity index (χ2n) is 5.87. The van der Waals surface area contributed by atoms with E-state index in [4.69, 9.17) is 0 Å². The van der Waals surface area contributed by atoms with E-state index in [1.807, 2.05) is 39.0 Å². The Hall–Kier alpha value is -2.74. The van der Waals surface area contributed by atoms with Crippen molar-refractivity contribution >= 4 is 34.4 Å². The SMILES string of the molecule is CCSc1ncc2c(=O)n(CC(=O)Nc3cc(C)ccc3C)cnc2n1. The van der Waals surface area contributed by atoms with Crippen LogP contribution in [0.3, 0.4) is 0 Å². The van der Waals surface area contributed by atoms with Crippen LogP contribution in [-0.2, 0) is 11.3 Å². The van der Waals surface area contributed by atoms with Crippen LogP contribution in [0.4, 0.5) is 5.69 Å². The van der Waals surface area contributed by atoms with Gasteiger partial charge in [0.25, 0.3) is 5.56 Å². The Balaban J connectivity index is 1.83. The maximum atomic E-state index is 12.6. The van der Waals surface area contributed by atoms with Gasteiger partial charge in [-0.2, -0.15) is 0 Å². The molecule has 2 heterocycles. The topological polar surface area (TPSA) is 89.8 Å². The van der Waals surface area contributed by atoms with Gasteiger partial charge in [-0.3, -0.25) is 14.2 Å². The minimum Gasteiger partial charge on any atom is -0.324 e. The standard InChI is InChI=1S/C18H19N5O2S/c1-4-26-18-19-8-13-16(22-18)20-10-23(17(13)25)9-15(24)21-14-7-11(2)5-6-12(14)3/h5-8,10H,4,9H2,1-3H3,(H,21,24). The fourth-order valence-electron chi connectivity index (χ4n) is 2.46. The van der Waals surface area contributed by atoms with Gasteiger partial charge in [0.1, 0.15) is 18.3 Å². The molecule has 0 saturated carbocycles. The van der Waals surface area contributed by atoms with Crippen molar-refractivity contribution in [2.45, 2.75) is 32.5 Å². The molecular formula is C18H19N5O2S. The molecule has 2 aromatic heterocycles. The third-order valence-electron chi connectivity index (χ3n) is 3.81. The fourth-order valence-corrected chi connectivity index (χ4v) is 3.00. The number of hydrogen-bond donors (Lipinski definition) is 1. The van der Waals surface area contributed by atoms with Crippen LogP contribution in [0.15, 0.2) is 40.7 Å². The summed E-state index contributed by atoms with van der Waals surface area (Å²) in [6.07, 6.45) is 2.81. The van der Waals surface area contributed by atoms with Crippen LogP contribution >= 0.6 is 11.8 Å². The van der Waals surface area contributed by atoms with Crippen molar-refractivity contribution in [2.24, 2.45) is 0 Å². The lowest BCUT2D eigenvalue weighted by Crippen LogP contribution is -2.28. The van der Waals surface area contributed by atoms with Crippen LogP contribution in [-0.4, -0.2) is 31.2 Å². The molecule has 0 aliphatic heterocycles.